The summed E-state index contributed by atoms with van der Waals surface area (Å²) >= 11 is 0. The molecule has 5 rings (SSSR count). The SMILES string of the molecule is O=C1CCC(N2Cc3c(OCc4ccc(CN5CC(F)(F)C5)cc4)cccc3C2=O)C(=O)C1. The van der Waals surface area contributed by atoms with Crippen LogP contribution in [0.25, 0.3) is 0 Å². The number of ether oxygens (including phenoxy) is 1. The average molecular weight is 454 g/mol. The van der Waals surface area contributed by atoms with Gasteiger partial charge in [-0.1, -0.05) is 30.3 Å². The van der Waals surface area contributed by atoms with E-state index in [2.05, 4.69) is 0 Å². The number of rotatable bonds is 6. The molecule has 0 N–H and O–H groups in total. The van der Waals surface area contributed by atoms with Crippen LogP contribution in [-0.4, -0.2) is 52.3 Å². The number of hydrogen-bond donors (Lipinski definition) is 0. The van der Waals surface area contributed by atoms with E-state index < -0.39 is 12.0 Å². The number of halogens is 2. The lowest BCUT2D eigenvalue weighted by Crippen LogP contribution is -2.55. The van der Waals surface area contributed by atoms with Crippen molar-refractivity contribution in [1.82, 2.24) is 9.80 Å². The van der Waals surface area contributed by atoms with E-state index in [9.17, 15) is 23.2 Å². The molecule has 2 aromatic rings. The summed E-state index contributed by atoms with van der Waals surface area (Å²) in [6.45, 7) is 0.676. The van der Waals surface area contributed by atoms with Crippen LogP contribution < -0.4 is 4.74 Å². The summed E-state index contributed by atoms with van der Waals surface area (Å²) in [4.78, 5) is 40.1. The third-order valence-corrected chi connectivity index (χ3v) is 6.50. The number of hydrogen-bond acceptors (Lipinski definition) is 5. The lowest BCUT2D eigenvalue weighted by Gasteiger charge is -2.38. The van der Waals surface area contributed by atoms with Gasteiger partial charge < -0.3 is 9.64 Å². The molecule has 1 atom stereocenters. The highest BCUT2D eigenvalue weighted by Gasteiger charge is 2.43. The maximum atomic E-state index is 13.0. The molecule has 172 valence electrons. The lowest BCUT2D eigenvalue weighted by atomic mass is 9.92. The molecule has 0 aromatic heterocycles. The van der Waals surface area contributed by atoms with Crippen molar-refractivity contribution >= 4 is 17.5 Å². The molecular weight excluding hydrogens is 430 g/mol. The van der Waals surface area contributed by atoms with Crippen LogP contribution in [0.15, 0.2) is 42.5 Å². The molecule has 1 saturated heterocycles. The van der Waals surface area contributed by atoms with Gasteiger partial charge in [0.05, 0.1) is 32.1 Å². The number of benzene rings is 2. The Hall–Kier alpha value is -3.13. The second-order valence-corrected chi connectivity index (χ2v) is 9.06. The summed E-state index contributed by atoms with van der Waals surface area (Å²) in [7, 11) is 0. The van der Waals surface area contributed by atoms with E-state index in [0.717, 1.165) is 16.7 Å². The summed E-state index contributed by atoms with van der Waals surface area (Å²) in [5, 5.41) is 0. The number of amides is 1. The van der Waals surface area contributed by atoms with E-state index in [1.54, 1.807) is 28.0 Å². The normalized spacial score (nSPS) is 22.3. The predicted octanol–water partition coefficient (Wildman–Crippen LogP) is 3.36. The van der Waals surface area contributed by atoms with Crippen LogP contribution in [0.1, 0.15) is 46.3 Å². The van der Waals surface area contributed by atoms with Crippen molar-refractivity contribution in [3.05, 3.63) is 64.7 Å². The van der Waals surface area contributed by atoms with Gasteiger partial charge in [0.1, 0.15) is 18.1 Å². The first kappa shape index (κ1) is 21.7. The van der Waals surface area contributed by atoms with E-state index in [1.807, 2.05) is 24.3 Å². The van der Waals surface area contributed by atoms with Gasteiger partial charge >= 0.3 is 0 Å². The van der Waals surface area contributed by atoms with Crippen molar-refractivity contribution in [3.8, 4) is 5.75 Å². The molecule has 2 heterocycles. The fourth-order valence-electron chi connectivity index (χ4n) is 4.78. The molecule has 3 aliphatic rings. The van der Waals surface area contributed by atoms with Gasteiger partial charge in [0.15, 0.2) is 5.78 Å². The first-order valence-electron chi connectivity index (χ1n) is 11.1. The molecule has 0 bridgehead atoms. The minimum atomic E-state index is -2.57. The first-order chi connectivity index (χ1) is 15.8. The fraction of sp³-hybridized carbons (Fsp3) is 0.400. The van der Waals surface area contributed by atoms with Gasteiger partial charge in [0.25, 0.3) is 11.8 Å². The highest BCUT2D eigenvalue weighted by molar-refractivity contribution is 6.07. The lowest BCUT2D eigenvalue weighted by molar-refractivity contribution is -0.134. The summed E-state index contributed by atoms with van der Waals surface area (Å²) in [5.74, 6) is -2.45. The van der Waals surface area contributed by atoms with Gasteiger partial charge in [-0.15, -0.1) is 0 Å². The zero-order chi connectivity index (χ0) is 23.2. The Morgan fingerprint density at radius 2 is 1.73 bits per heavy atom. The van der Waals surface area contributed by atoms with Crippen molar-refractivity contribution in [2.45, 2.75) is 50.9 Å². The number of Topliss-reactive ketones (excluding diaryl/α,β-unsaturated/α-hetero) is 2. The van der Waals surface area contributed by atoms with Crippen LogP contribution in [0.3, 0.4) is 0 Å². The van der Waals surface area contributed by atoms with Crippen molar-refractivity contribution in [2.24, 2.45) is 0 Å². The molecule has 8 heteroatoms. The summed E-state index contributed by atoms with van der Waals surface area (Å²) in [6, 6.07) is 12.4. The third-order valence-electron chi connectivity index (χ3n) is 6.50. The number of ketones is 2. The van der Waals surface area contributed by atoms with Gasteiger partial charge in [-0.3, -0.25) is 19.3 Å². The number of likely N-dealkylation sites (tertiary alicyclic amines) is 1. The van der Waals surface area contributed by atoms with Gasteiger partial charge in [-0.25, -0.2) is 8.78 Å². The van der Waals surface area contributed by atoms with E-state index >= 15 is 0 Å². The first-order valence-corrected chi connectivity index (χ1v) is 11.1. The number of carbonyl (C=O) groups is 3. The zero-order valence-electron chi connectivity index (χ0n) is 18.1. The van der Waals surface area contributed by atoms with Crippen molar-refractivity contribution in [2.75, 3.05) is 13.1 Å². The van der Waals surface area contributed by atoms with Gasteiger partial charge in [-0.05, 0) is 29.7 Å². The molecule has 33 heavy (non-hydrogen) atoms. The van der Waals surface area contributed by atoms with Crippen LogP contribution in [0.5, 0.6) is 5.75 Å². The van der Waals surface area contributed by atoms with Crippen LogP contribution in [0.2, 0.25) is 0 Å². The third kappa shape index (κ3) is 4.39. The molecule has 1 aliphatic carbocycles. The molecule has 1 unspecified atom stereocenters. The summed E-state index contributed by atoms with van der Waals surface area (Å²) in [6.07, 6.45) is 0.579. The molecule has 1 amide bonds. The van der Waals surface area contributed by atoms with Crippen LogP contribution >= 0.6 is 0 Å². The maximum Gasteiger partial charge on any atom is 0.272 e. The Morgan fingerprint density at radius 3 is 2.42 bits per heavy atom. The number of nitrogens with zero attached hydrogens (tertiary/aromatic N) is 2. The number of carbonyl (C=O) groups excluding carboxylic acids is 3. The average Bonchev–Trinajstić information content (AvgIpc) is 3.09. The van der Waals surface area contributed by atoms with E-state index in [-0.39, 0.29) is 43.5 Å². The molecule has 2 aromatic carbocycles. The van der Waals surface area contributed by atoms with E-state index in [0.29, 0.717) is 37.3 Å². The molecule has 0 spiro atoms. The van der Waals surface area contributed by atoms with E-state index in [1.165, 1.54) is 0 Å². The minimum Gasteiger partial charge on any atom is -0.489 e. The molecule has 2 fully saturated rings. The highest BCUT2D eigenvalue weighted by Crippen LogP contribution is 2.34. The number of alkyl halides is 2. The fourth-order valence-corrected chi connectivity index (χ4v) is 4.78. The number of fused-ring (bicyclic) bond motifs is 1. The Bertz CT molecular complexity index is 1110. The van der Waals surface area contributed by atoms with E-state index in [4.69, 9.17) is 4.74 Å². The zero-order valence-corrected chi connectivity index (χ0v) is 18.1. The van der Waals surface area contributed by atoms with Crippen LogP contribution in [0.4, 0.5) is 8.78 Å². The smallest absolute Gasteiger partial charge is 0.272 e. The van der Waals surface area contributed by atoms with Crippen LogP contribution in [0, 0.1) is 0 Å². The Kier molecular flexibility index (Phi) is 5.48. The Balaban J connectivity index is 1.22. The van der Waals surface area contributed by atoms with Gasteiger partial charge in [0.2, 0.25) is 0 Å². The van der Waals surface area contributed by atoms with Gasteiger partial charge in [0, 0.05) is 24.1 Å². The van der Waals surface area contributed by atoms with Crippen molar-refractivity contribution in [1.29, 1.82) is 0 Å². The second-order valence-electron chi connectivity index (χ2n) is 9.06. The second kappa shape index (κ2) is 8.33. The quantitative estimate of drug-likeness (QED) is 0.627. The minimum absolute atomic E-state index is 0.0711. The topological polar surface area (TPSA) is 66.9 Å². The summed E-state index contributed by atoms with van der Waals surface area (Å²) < 4.78 is 32.0. The Morgan fingerprint density at radius 1 is 1.00 bits per heavy atom. The predicted molar refractivity (Wildman–Crippen MR) is 115 cm³/mol. The largest absolute Gasteiger partial charge is 0.489 e. The standard InChI is InChI=1S/C25H24F2N2O4/c26-25(27)14-28(15-25)11-16-4-6-17(7-5-16)13-33-23-3-1-2-19-20(23)12-29(24(19)32)21-9-8-18(30)10-22(21)31/h1-7,21H,8-15H2. The molecule has 2 aliphatic heterocycles. The van der Waals surface area contributed by atoms with Gasteiger partial charge in [-0.2, -0.15) is 0 Å². The van der Waals surface area contributed by atoms with Crippen molar-refractivity contribution in [3.63, 3.8) is 0 Å². The monoisotopic (exact) mass is 454 g/mol. The molecule has 0 radical (unpaired) electrons. The maximum absolute atomic E-state index is 13.0. The molecule has 1 saturated carbocycles. The highest BCUT2D eigenvalue weighted by atomic mass is 19.3. The Labute approximate surface area is 190 Å². The summed E-state index contributed by atoms with van der Waals surface area (Å²) in [5.41, 5.74) is 3.17. The molecular formula is C25H24F2N2O4. The molecule has 6 nitrogen and oxygen atoms in total. The van der Waals surface area contributed by atoms with Crippen LogP contribution in [-0.2, 0) is 29.3 Å². The van der Waals surface area contributed by atoms with Crippen molar-refractivity contribution < 1.29 is 27.9 Å².